The number of imidazole rings is 1. The molecule has 0 unspecified atom stereocenters. The van der Waals surface area contributed by atoms with Gasteiger partial charge in [0.1, 0.15) is 11.5 Å². The number of ether oxygens (including phenoxy) is 3. The lowest BCUT2D eigenvalue weighted by molar-refractivity contribution is -0.252. The van der Waals surface area contributed by atoms with Gasteiger partial charge in [0, 0.05) is 24.2 Å². The molecular formula is C45H40N4O5. The summed E-state index contributed by atoms with van der Waals surface area (Å²) in [6.45, 7) is 1.00. The third kappa shape index (κ3) is 8.35. The fraction of sp³-hybridized carbons (Fsp3) is 0.156. The Morgan fingerprint density at radius 1 is 0.741 bits per heavy atom. The number of benzene rings is 6. The number of nitrogens with one attached hydrogen (secondary N) is 2. The predicted octanol–water partition coefficient (Wildman–Crippen LogP) is 9.56. The second-order valence-electron chi connectivity index (χ2n) is 13.3. The Morgan fingerprint density at radius 3 is 2.28 bits per heavy atom. The molecule has 2 amide bonds. The third-order valence-corrected chi connectivity index (χ3v) is 9.53. The maximum atomic E-state index is 12.7. The van der Waals surface area contributed by atoms with Crippen LogP contribution in [0.1, 0.15) is 41.1 Å². The van der Waals surface area contributed by atoms with E-state index in [-0.39, 0.29) is 24.8 Å². The normalized spacial score (nSPS) is 16.9. The van der Waals surface area contributed by atoms with E-state index < -0.39 is 6.29 Å². The highest BCUT2D eigenvalue weighted by molar-refractivity contribution is 5.89. The molecule has 3 N–H and O–H groups in total. The van der Waals surface area contributed by atoms with Crippen LogP contribution >= 0.6 is 0 Å². The average Bonchev–Trinajstić information content (AvgIpc) is 3.63. The number of carbonyl (C=O) groups excluding carboxylic acids is 1. The number of para-hydroxylation sites is 3. The maximum Gasteiger partial charge on any atom is 0.319 e. The van der Waals surface area contributed by atoms with Crippen LogP contribution in [0, 0.1) is 0 Å². The highest BCUT2D eigenvalue weighted by atomic mass is 16.7. The molecule has 6 aromatic carbocycles. The van der Waals surface area contributed by atoms with Gasteiger partial charge in [-0.05, 0) is 82.4 Å². The molecule has 0 aliphatic carbocycles. The Morgan fingerprint density at radius 2 is 1.48 bits per heavy atom. The maximum absolute atomic E-state index is 12.7. The summed E-state index contributed by atoms with van der Waals surface area (Å²) in [5.74, 6) is 1.44. The molecule has 9 heteroatoms. The number of rotatable bonds is 11. The summed E-state index contributed by atoms with van der Waals surface area (Å²) in [6.07, 6.45) is 1.66. The van der Waals surface area contributed by atoms with E-state index in [9.17, 15) is 9.90 Å². The molecule has 0 spiro atoms. The van der Waals surface area contributed by atoms with E-state index in [4.69, 9.17) is 14.2 Å². The number of anilines is 1. The smallest absolute Gasteiger partial charge is 0.319 e. The Labute approximate surface area is 313 Å². The van der Waals surface area contributed by atoms with Crippen molar-refractivity contribution in [3.8, 4) is 22.6 Å². The van der Waals surface area contributed by atoms with Gasteiger partial charge in [-0.25, -0.2) is 9.78 Å². The number of aromatic nitrogens is 2. The number of aliphatic hydroxyl groups excluding tert-OH is 1. The average molecular weight is 717 g/mol. The molecule has 7 aromatic rings. The van der Waals surface area contributed by atoms with E-state index in [1.807, 2.05) is 116 Å². The molecule has 1 saturated heterocycles. The first-order valence-electron chi connectivity index (χ1n) is 18.0. The van der Waals surface area contributed by atoms with Crippen LogP contribution in [0.2, 0.25) is 0 Å². The summed E-state index contributed by atoms with van der Waals surface area (Å²) in [5.41, 5.74) is 8.56. The fourth-order valence-electron chi connectivity index (χ4n) is 6.69. The second kappa shape index (κ2) is 16.2. The molecular weight excluding hydrogens is 677 g/mol. The van der Waals surface area contributed by atoms with Gasteiger partial charge in [0.2, 0.25) is 0 Å². The minimum absolute atomic E-state index is 0.00340. The summed E-state index contributed by atoms with van der Waals surface area (Å²) in [4.78, 5) is 17.3. The van der Waals surface area contributed by atoms with E-state index in [1.54, 1.807) is 0 Å². The van der Waals surface area contributed by atoms with Gasteiger partial charge in [-0.1, -0.05) is 97.1 Å². The fourth-order valence-corrected chi connectivity index (χ4v) is 6.69. The predicted molar refractivity (Wildman–Crippen MR) is 209 cm³/mol. The third-order valence-electron chi connectivity index (χ3n) is 9.53. The van der Waals surface area contributed by atoms with Gasteiger partial charge in [-0.2, -0.15) is 0 Å². The van der Waals surface area contributed by atoms with Crippen LogP contribution in [0.5, 0.6) is 11.5 Å². The molecule has 270 valence electrons. The summed E-state index contributed by atoms with van der Waals surface area (Å²) < 4.78 is 21.2. The van der Waals surface area contributed by atoms with Crippen LogP contribution in [0.15, 0.2) is 158 Å². The van der Waals surface area contributed by atoms with Crippen LogP contribution in [-0.2, 0) is 29.2 Å². The largest absolute Gasteiger partial charge is 0.457 e. The van der Waals surface area contributed by atoms with Gasteiger partial charge in [-0.3, -0.25) is 0 Å². The van der Waals surface area contributed by atoms with Crippen molar-refractivity contribution in [3.63, 3.8) is 0 Å². The number of urea groups is 1. The zero-order valence-electron chi connectivity index (χ0n) is 29.5. The molecule has 8 rings (SSSR count). The lowest BCUT2D eigenvalue weighted by Gasteiger charge is -2.36. The first-order valence-corrected chi connectivity index (χ1v) is 18.0. The zero-order chi connectivity index (χ0) is 36.7. The topological polar surface area (TPSA) is 107 Å². The van der Waals surface area contributed by atoms with E-state index in [0.29, 0.717) is 30.9 Å². The van der Waals surface area contributed by atoms with Crippen molar-refractivity contribution in [2.75, 3.05) is 5.32 Å². The van der Waals surface area contributed by atoms with Crippen LogP contribution in [0.3, 0.4) is 0 Å². The Bertz CT molecular complexity index is 2310. The summed E-state index contributed by atoms with van der Waals surface area (Å²) in [5, 5.41) is 15.4. The van der Waals surface area contributed by atoms with Crippen molar-refractivity contribution in [1.29, 1.82) is 0 Å². The van der Waals surface area contributed by atoms with Crippen molar-refractivity contribution < 1.29 is 24.1 Å². The molecule has 0 saturated carbocycles. The second-order valence-corrected chi connectivity index (χ2v) is 13.3. The molecule has 0 radical (unpaired) electrons. The highest BCUT2D eigenvalue weighted by Gasteiger charge is 2.32. The summed E-state index contributed by atoms with van der Waals surface area (Å²) in [7, 11) is 0. The van der Waals surface area contributed by atoms with E-state index >= 15 is 0 Å². The Kier molecular flexibility index (Phi) is 10.4. The molecule has 0 bridgehead atoms. The lowest BCUT2D eigenvalue weighted by atomic mass is 9.99. The van der Waals surface area contributed by atoms with Gasteiger partial charge >= 0.3 is 6.03 Å². The molecule has 9 nitrogen and oxygen atoms in total. The van der Waals surface area contributed by atoms with E-state index in [2.05, 4.69) is 62.6 Å². The Hall–Kier alpha value is -6.26. The van der Waals surface area contributed by atoms with Crippen molar-refractivity contribution in [3.05, 3.63) is 180 Å². The number of carbonyl (C=O) groups is 1. The van der Waals surface area contributed by atoms with Crippen LogP contribution < -0.4 is 15.4 Å². The SMILES string of the molecule is O=C(NCc1cccc(-c2ccc([C@@H]3O[C@H](Cn4cnc5ccccc54)C[C@H](c4ccc(CO)cc4)O3)cc2)c1)Nc1ccc(Oc2ccccc2)cc1. The molecule has 1 aromatic heterocycles. The highest BCUT2D eigenvalue weighted by Crippen LogP contribution is 2.39. The zero-order valence-corrected chi connectivity index (χ0v) is 29.5. The standard InChI is InChI=1S/C45H40N4O5/c50-29-31-13-15-34(16-14-31)43-26-40(28-49-30-47-41-11-4-5-12-42(41)49)53-44(54-43)35-19-17-33(18-20-35)36-8-6-7-32(25-36)27-46-45(51)48-37-21-23-39(24-22-37)52-38-9-2-1-3-10-38/h1-25,30,40,43-44,50H,26-29H2,(H2,46,48,51)/t40-,43+,44+/m0/s1. The number of nitrogens with zero attached hydrogens (tertiary/aromatic N) is 2. The number of aliphatic hydroxyl groups is 1. The molecule has 1 aliphatic rings. The minimum Gasteiger partial charge on any atom is -0.457 e. The van der Waals surface area contributed by atoms with Gasteiger partial charge in [0.25, 0.3) is 0 Å². The van der Waals surface area contributed by atoms with Crippen LogP contribution in [0.4, 0.5) is 10.5 Å². The minimum atomic E-state index is -0.572. The van der Waals surface area contributed by atoms with Gasteiger partial charge in [-0.15, -0.1) is 0 Å². The molecule has 1 fully saturated rings. The number of hydrogen-bond donors (Lipinski definition) is 3. The van der Waals surface area contributed by atoms with Crippen LogP contribution in [-0.4, -0.2) is 26.8 Å². The first-order chi connectivity index (χ1) is 26.6. The summed E-state index contributed by atoms with van der Waals surface area (Å²) >= 11 is 0. The first kappa shape index (κ1) is 34.8. The van der Waals surface area contributed by atoms with Crippen molar-refractivity contribution in [2.45, 2.75) is 44.6 Å². The van der Waals surface area contributed by atoms with Crippen molar-refractivity contribution >= 4 is 22.8 Å². The van der Waals surface area contributed by atoms with Gasteiger partial charge in [0.15, 0.2) is 6.29 Å². The van der Waals surface area contributed by atoms with Crippen molar-refractivity contribution in [1.82, 2.24) is 14.9 Å². The molecule has 54 heavy (non-hydrogen) atoms. The number of fused-ring (bicyclic) bond motifs is 1. The summed E-state index contributed by atoms with van der Waals surface area (Å²) in [6, 6.07) is 48.9. The quantitative estimate of drug-likeness (QED) is 0.123. The van der Waals surface area contributed by atoms with E-state index in [1.165, 1.54) is 0 Å². The number of hydrogen-bond acceptors (Lipinski definition) is 6. The van der Waals surface area contributed by atoms with Crippen LogP contribution in [0.25, 0.3) is 22.2 Å². The molecule has 3 atom stereocenters. The Balaban J connectivity index is 0.915. The lowest BCUT2D eigenvalue weighted by Crippen LogP contribution is -2.32. The molecule has 2 heterocycles. The van der Waals surface area contributed by atoms with Gasteiger partial charge in [0.05, 0.1) is 42.7 Å². The molecule has 1 aliphatic heterocycles. The number of amides is 2. The van der Waals surface area contributed by atoms with Gasteiger partial charge < -0.3 is 34.5 Å². The van der Waals surface area contributed by atoms with E-state index in [0.717, 1.165) is 50.2 Å². The monoisotopic (exact) mass is 716 g/mol. The van der Waals surface area contributed by atoms with Crippen molar-refractivity contribution in [2.24, 2.45) is 0 Å².